The molecule has 1 aliphatic heterocycles. The van der Waals surface area contributed by atoms with E-state index in [1.165, 1.54) is 12.1 Å². The van der Waals surface area contributed by atoms with Gasteiger partial charge in [-0.05, 0) is 39.7 Å². The zero-order valence-electron chi connectivity index (χ0n) is 9.19. The summed E-state index contributed by atoms with van der Waals surface area (Å²) in [5, 5.41) is 9.79. The van der Waals surface area contributed by atoms with Crippen LogP contribution in [0.4, 0.5) is 10.1 Å². The van der Waals surface area contributed by atoms with Gasteiger partial charge >= 0.3 is 0 Å². The van der Waals surface area contributed by atoms with Crippen LogP contribution in [-0.2, 0) is 6.42 Å². The second kappa shape index (κ2) is 4.17. The Balaban J connectivity index is 2.10. The zero-order chi connectivity index (χ0) is 12.7. The van der Waals surface area contributed by atoms with E-state index in [0.717, 1.165) is 5.56 Å². The van der Waals surface area contributed by atoms with Crippen LogP contribution in [0.15, 0.2) is 39.9 Å². The third-order valence-corrected chi connectivity index (χ3v) is 3.23. The topological polar surface area (TPSA) is 45.5 Å². The number of aliphatic imine (C=N–C) groups is 1. The molecule has 0 radical (unpaired) electrons. The van der Waals surface area contributed by atoms with Gasteiger partial charge in [-0.1, -0.05) is 12.1 Å². The number of aromatic hydroxyl groups is 1. The van der Waals surface area contributed by atoms with E-state index in [1.807, 2.05) is 6.07 Å². The van der Waals surface area contributed by atoms with Crippen molar-refractivity contribution in [3.63, 3.8) is 0 Å². The molecule has 2 aromatic rings. The molecule has 1 N–H and O–H groups in total. The number of rotatable bonds is 1. The molecule has 1 aromatic heterocycles. The highest BCUT2D eigenvalue weighted by Crippen LogP contribution is 2.33. The predicted octanol–water partition coefficient (Wildman–Crippen LogP) is 3.37. The molecular formula is C13H8BrFN2O. The lowest BCUT2D eigenvalue weighted by atomic mass is 10.1. The minimum absolute atomic E-state index is 0.0464. The molecular weight excluding hydrogens is 299 g/mol. The summed E-state index contributed by atoms with van der Waals surface area (Å²) in [6.07, 6.45) is 0.476. The number of nitrogens with zero attached hydrogens (tertiary/aromatic N) is 2. The molecule has 0 unspecified atom stereocenters. The summed E-state index contributed by atoms with van der Waals surface area (Å²) in [5.41, 5.74) is 2.12. The Bertz CT molecular complexity index is 670. The van der Waals surface area contributed by atoms with E-state index in [4.69, 9.17) is 0 Å². The fourth-order valence-electron chi connectivity index (χ4n) is 1.96. The Kier molecular flexibility index (Phi) is 2.63. The van der Waals surface area contributed by atoms with Gasteiger partial charge < -0.3 is 5.11 Å². The van der Waals surface area contributed by atoms with E-state index in [2.05, 4.69) is 25.9 Å². The van der Waals surface area contributed by atoms with Gasteiger partial charge in [-0.2, -0.15) is 0 Å². The lowest BCUT2D eigenvalue weighted by molar-refractivity contribution is 0.471. The minimum Gasteiger partial charge on any atom is -0.506 e. The molecule has 18 heavy (non-hydrogen) atoms. The quantitative estimate of drug-likeness (QED) is 0.821. The Labute approximate surface area is 111 Å². The third-order valence-electron chi connectivity index (χ3n) is 2.79. The van der Waals surface area contributed by atoms with Crippen LogP contribution in [0, 0.1) is 5.82 Å². The molecule has 0 bridgehead atoms. The van der Waals surface area contributed by atoms with Crippen molar-refractivity contribution >= 4 is 27.3 Å². The third kappa shape index (κ3) is 1.80. The van der Waals surface area contributed by atoms with Crippen LogP contribution in [0.1, 0.15) is 11.3 Å². The van der Waals surface area contributed by atoms with Gasteiger partial charge in [0.1, 0.15) is 27.6 Å². The van der Waals surface area contributed by atoms with Crippen LogP contribution < -0.4 is 0 Å². The maximum atomic E-state index is 13.6. The first-order chi connectivity index (χ1) is 8.65. The van der Waals surface area contributed by atoms with Crippen molar-refractivity contribution in [2.75, 3.05) is 0 Å². The molecule has 0 spiro atoms. The number of benzene rings is 1. The standard InChI is InChI=1S/C13H8BrFN2O/c14-11-5-4-10(18)13(17-11)9-6-7-2-1-3-8(15)12(7)16-9/h1-5,18H,6H2. The monoisotopic (exact) mass is 306 g/mol. The molecule has 3 rings (SSSR count). The highest BCUT2D eigenvalue weighted by Gasteiger charge is 2.22. The van der Waals surface area contributed by atoms with Crippen molar-refractivity contribution in [3.05, 3.63) is 52.0 Å². The Morgan fingerprint density at radius 2 is 2.06 bits per heavy atom. The number of halogens is 2. The Hall–Kier alpha value is -1.75. The highest BCUT2D eigenvalue weighted by molar-refractivity contribution is 9.10. The minimum atomic E-state index is -0.350. The Morgan fingerprint density at radius 3 is 2.83 bits per heavy atom. The van der Waals surface area contributed by atoms with Crippen molar-refractivity contribution in [1.82, 2.24) is 4.98 Å². The second-order valence-corrected chi connectivity index (χ2v) is 4.80. The summed E-state index contributed by atoms with van der Waals surface area (Å²) in [6, 6.07) is 8.03. The van der Waals surface area contributed by atoms with E-state index in [-0.39, 0.29) is 11.6 Å². The molecule has 0 saturated heterocycles. The van der Waals surface area contributed by atoms with Gasteiger partial charge in [0.25, 0.3) is 0 Å². The number of aromatic nitrogens is 1. The molecule has 1 aromatic carbocycles. The first kappa shape index (κ1) is 11.3. The average Bonchev–Trinajstić information content (AvgIpc) is 2.77. The van der Waals surface area contributed by atoms with Crippen LogP contribution in [0.3, 0.4) is 0 Å². The van der Waals surface area contributed by atoms with Gasteiger partial charge in [0.15, 0.2) is 0 Å². The van der Waals surface area contributed by atoms with E-state index in [0.29, 0.717) is 28.1 Å². The maximum absolute atomic E-state index is 13.6. The molecule has 0 amide bonds. The lowest BCUT2D eigenvalue weighted by Crippen LogP contribution is -2.04. The molecule has 0 saturated carbocycles. The van der Waals surface area contributed by atoms with Crippen molar-refractivity contribution < 1.29 is 9.50 Å². The number of fused-ring (bicyclic) bond motifs is 1. The fraction of sp³-hybridized carbons (Fsp3) is 0.0769. The van der Waals surface area contributed by atoms with Gasteiger partial charge in [-0.3, -0.25) is 0 Å². The van der Waals surface area contributed by atoms with Gasteiger partial charge in [-0.15, -0.1) is 0 Å². The second-order valence-electron chi connectivity index (χ2n) is 3.98. The van der Waals surface area contributed by atoms with Crippen molar-refractivity contribution in [1.29, 1.82) is 0 Å². The number of hydrogen-bond acceptors (Lipinski definition) is 3. The molecule has 5 heteroatoms. The predicted molar refractivity (Wildman–Crippen MR) is 69.9 cm³/mol. The van der Waals surface area contributed by atoms with Crippen LogP contribution >= 0.6 is 15.9 Å². The fourth-order valence-corrected chi connectivity index (χ4v) is 2.27. The van der Waals surface area contributed by atoms with Crippen LogP contribution in [-0.4, -0.2) is 15.8 Å². The number of hydrogen-bond donors (Lipinski definition) is 1. The zero-order valence-corrected chi connectivity index (χ0v) is 10.8. The molecule has 0 aliphatic carbocycles. The highest BCUT2D eigenvalue weighted by atomic mass is 79.9. The normalized spacial score (nSPS) is 13.3. The van der Waals surface area contributed by atoms with Crippen molar-refractivity contribution in [2.45, 2.75) is 6.42 Å². The first-order valence-electron chi connectivity index (χ1n) is 5.36. The first-order valence-corrected chi connectivity index (χ1v) is 6.15. The summed E-state index contributed by atoms with van der Waals surface area (Å²) in [5.74, 6) is -0.304. The lowest BCUT2D eigenvalue weighted by Gasteiger charge is -2.03. The van der Waals surface area contributed by atoms with E-state index in [9.17, 15) is 9.50 Å². The average molecular weight is 307 g/mol. The van der Waals surface area contributed by atoms with Crippen LogP contribution in [0.2, 0.25) is 0 Å². The molecule has 2 heterocycles. The van der Waals surface area contributed by atoms with E-state index >= 15 is 0 Å². The molecule has 1 aliphatic rings. The SMILES string of the molecule is Oc1ccc(Br)nc1C1=Nc2c(F)cccc2C1. The smallest absolute Gasteiger partial charge is 0.149 e. The van der Waals surface area contributed by atoms with Gasteiger partial charge in [-0.25, -0.2) is 14.4 Å². The maximum Gasteiger partial charge on any atom is 0.149 e. The summed E-state index contributed by atoms with van der Waals surface area (Å²) in [4.78, 5) is 8.40. The molecule has 90 valence electrons. The van der Waals surface area contributed by atoms with Gasteiger partial charge in [0, 0.05) is 6.42 Å². The summed E-state index contributed by atoms with van der Waals surface area (Å²) >= 11 is 3.24. The van der Waals surface area contributed by atoms with Crippen LogP contribution in [0.25, 0.3) is 0 Å². The summed E-state index contributed by atoms with van der Waals surface area (Å²) < 4.78 is 14.2. The summed E-state index contributed by atoms with van der Waals surface area (Å²) in [7, 11) is 0. The molecule has 3 nitrogen and oxygen atoms in total. The molecule has 0 atom stereocenters. The Morgan fingerprint density at radius 1 is 1.22 bits per heavy atom. The van der Waals surface area contributed by atoms with Crippen LogP contribution in [0.5, 0.6) is 5.75 Å². The summed E-state index contributed by atoms with van der Waals surface area (Å²) in [6.45, 7) is 0. The largest absolute Gasteiger partial charge is 0.506 e. The van der Waals surface area contributed by atoms with E-state index in [1.54, 1.807) is 12.1 Å². The van der Waals surface area contributed by atoms with Crippen molar-refractivity contribution in [2.24, 2.45) is 4.99 Å². The number of pyridine rings is 1. The number of para-hydroxylation sites is 1. The van der Waals surface area contributed by atoms with Gasteiger partial charge in [0.05, 0.1) is 5.71 Å². The van der Waals surface area contributed by atoms with Gasteiger partial charge in [0.2, 0.25) is 0 Å². The molecule has 0 fully saturated rings. The van der Waals surface area contributed by atoms with Crippen molar-refractivity contribution in [3.8, 4) is 5.75 Å². The van der Waals surface area contributed by atoms with E-state index < -0.39 is 0 Å².